The van der Waals surface area contributed by atoms with Gasteiger partial charge in [0.2, 0.25) is 0 Å². The van der Waals surface area contributed by atoms with E-state index in [9.17, 15) is 4.79 Å². The van der Waals surface area contributed by atoms with Gasteiger partial charge in [-0.1, -0.05) is 22.0 Å². The highest BCUT2D eigenvalue weighted by Crippen LogP contribution is 2.20. The third-order valence-corrected chi connectivity index (χ3v) is 2.43. The van der Waals surface area contributed by atoms with Crippen molar-refractivity contribution in [2.45, 2.75) is 0 Å². The lowest BCUT2D eigenvalue weighted by Gasteiger charge is -2.01. The Hall–Kier alpha value is -1.42. The van der Waals surface area contributed by atoms with Crippen LogP contribution in [0.1, 0.15) is 10.4 Å². The van der Waals surface area contributed by atoms with Crippen molar-refractivity contribution in [3.63, 3.8) is 0 Å². The summed E-state index contributed by atoms with van der Waals surface area (Å²) >= 11 is 3.31. The van der Waals surface area contributed by atoms with Gasteiger partial charge in [-0.15, -0.1) is 0 Å². The van der Waals surface area contributed by atoms with Gasteiger partial charge in [0.25, 0.3) is 0 Å². The first-order chi connectivity index (χ1) is 6.68. The van der Waals surface area contributed by atoms with E-state index in [4.69, 9.17) is 5.11 Å². The second kappa shape index (κ2) is 3.38. The number of benzene rings is 1. The van der Waals surface area contributed by atoms with Gasteiger partial charge >= 0.3 is 5.97 Å². The van der Waals surface area contributed by atoms with Crippen LogP contribution in [-0.2, 0) is 0 Å². The number of fused-ring (bicyclic) bond motifs is 1. The van der Waals surface area contributed by atoms with Crippen molar-refractivity contribution < 1.29 is 9.90 Å². The maximum absolute atomic E-state index is 10.9. The van der Waals surface area contributed by atoms with E-state index in [1.165, 1.54) is 12.3 Å². The fraction of sp³-hybridized carbons (Fsp3) is 0. The third-order valence-electron chi connectivity index (χ3n) is 1.94. The number of aromatic carboxylic acids is 1. The largest absolute Gasteiger partial charge is 0.478 e. The van der Waals surface area contributed by atoms with Gasteiger partial charge in [0.1, 0.15) is 0 Å². The van der Waals surface area contributed by atoms with Crippen LogP contribution in [0.2, 0.25) is 0 Å². The van der Waals surface area contributed by atoms with Crippen molar-refractivity contribution in [3.05, 3.63) is 40.5 Å². The van der Waals surface area contributed by atoms with Crippen LogP contribution >= 0.6 is 15.9 Å². The van der Waals surface area contributed by atoms with Crippen molar-refractivity contribution in [1.29, 1.82) is 0 Å². The molecule has 0 atom stereocenters. The number of halogens is 1. The second-order valence-electron chi connectivity index (χ2n) is 2.83. The fourth-order valence-electron chi connectivity index (χ4n) is 1.31. The molecule has 2 rings (SSSR count). The number of carboxylic acids is 1. The number of carboxylic acid groups (broad SMARTS) is 1. The maximum Gasteiger partial charge on any atom is 0.336 e. The van der Waals surface area contributed by atoms with Crippen LogP contribution < -0.4 is 0 Å². The number of aromatic nitrogens is 1. The molecule has 0 amide bonds. The average molecular weight is 252 g/mol. The third kappa shape index (κ3) is 1.48. The van der Waals surface area contributed by atoms with Crippen LogP contribution in [0.4, 0.5) is 0 Å². The molecular weight excluding hydrogens is 246 g/mol. The van der Waals surface area contributed by atoms with E-state index in [2.05, 4.69) is 20.9 Å². The second-order valence-corrected chi connectivity index (χ2v) is 3.74. The van der Waals surface area contributed by atoms with Crippen LogP contribution in [0.25, 0.3) is 10.9 Å². The normalized spacial score (nSPS) is 10.4. The molecule has 1 heterocycles. The molecule has 3 nitrogen and oxygen atoms in total. The Balaban J connectivity index is 2.81. The molecule has 0 radical (unpaired) electrons. The Bertz CT molecular complexity index is 510. The van der Waals surface area contributed by atoms with Gasteiger partial charge in [-0.25, -0.2) is 4.79 Å². The first-order valence-electron chi connectivity index (χ1n) is 3.96. The van der Waals surface area contributed by atoms with E-state index in [-0.39, 0.29) is 5.56 Å². The lowest BCUT2D eigenvalue weighted by atomic mass is 10.1. The zero-order chi connectivity index (χ0) is 10.1. The van der Waals surface area contributed by atoms with Crippen LogP contribution in [0.15, 0.2) is 34.9 Å². The average Bonchev–Trinajstić information content (AvgIpc) is 2.16. The number of pyridine rings is 1. The molecule has 0 fully saturated rings. The van der Waals surface area contributed by atoms with Crippen LogP contribution in [0.5, 0.6) is 0 Å². The molecule has 1 N–H and O–H groups in total. The summed E-state index contributed by atoms with van der Waals surface area (Å²) in [6.45, 7) is 0. The lowest BCUT2D eigenvalue weighted by molar-refractivity contribution is 0.0699. The summed E-state index contributed by atoms with van der Waals surface area (Å²) in [6.07, 6.45) is 1.50. The Morgan fingerprint density at radius 2 is 2.14 bits per heavy atom. The van der Waals surface area contributed by atoms with Crippen LogP contribution in [0, 0.1) is 0 Å². The number of carbonyl (C=O) groups is 1. The summed E-state index contributed by atoms with van der Waals surface area (Å²) < 4.78 is 0.889. The standard InChI is InChI=1S/C10H6BrNO2/c11-6-1-2-7-8(10(13)14)3-4-12-9(7)5-6/h1-5H,(H,13,14). The van der Waals surface area contributed by atoms with Crippen molar-refractivity contribution >= 4 is 32.8 Å². The minimum atomic E-state index is -0.931. The van der Waals surface area contributed by atoms with Gasteiger partial charge in [0.05, 0.1) is 11.1 Å². The van der Waals surface area contributed by atoms with Gasteiger partial charge < -0.3 is 5.11 Å². The number of hydrogen-bond donors (Lipinski definition) is 1. The monoisotopic (exact) mass is 251 g/mol. The maximum atomic E-state index is 10.9. The van der Waals surface area contributed by atoms with Gasteiger partial charge in [-0.05, 0) is 18.2 Å². The molecule has 70 valence electrons. The Morgan fingerprint density at radius 3 is 2.86 bits per heavy atom. The molecule has 4 heteroatoms. The van der Waals surface area contributed by atoms with Crippen molar-refractivity contribution in [3.8, 4) is 0 Å². The summed E-state index contributed by atoms with van der Waals surface area (Å²) in [5.74, 6) is -0.931. The molecule has 0 aliphatic carbocycles. The predicted molar refractivity (Wildman–Crippen MR) is 56.4 cm³/mol. The Labute approximate surface area is 88.5 Å². The van der Waals surface area contributed by atoms with Crippen LogP contribution in [-0.4, -0.2) is 16.1 Å². The highest BCUT2D eigenvalue weighted by molar-refractivity contribution is 9.10. The van der Waals surface area contributed by atoms with E-state index >= 15 is 0 Å². The highest BCUT2D eigenvalue weighted by atomic mass is 79.9. The molecule has 0 bridgehead atoms. The van der Waals surface area contributed by atoms with E-state index in [1.54, 1.807) is 18.2 Å². The lowest BCUT2D eigenvalue weighted by Crippen LogP contribution is -1.97. The van der Waals surface area contributed by atoms with Crippen molar-refractivity contribution in [1.82, 2.24) is 4.98 Å². The molecular formula is C10H6BrNO2. The fourth-order valence-corrected chi connectivity index (χ4v) is 1.66. The zero-order valence-electron chi connectivity index (χ0n) is 7.07. The molecule has 1 aromatic heterocycles. The van der Waals surface area contributed by atoms with E-state index < -0.39 is 5.97 Å². The summed E-state index contributed by atoms with van der Waals surface area (Å²) in [7, 11) is 0. The SMILES string of the molecule is O=C(O)c1ccnc2cc(Br)ccc12. The number of nitrogens with zero attached hydrogens (tertiary/aromatic N) is 1. The molecule has 14 heavy (non-hydrogen) atoms. The summed E-state index contributed by atoms with van der Waals surface area (Å²) in [5, 5.41) is 9.57. The number of rotatable bonds is 1. The first-order valence-corrected chi connectivity index (χ1v) is 4.75. The minimum absolute atomic E-state index is 0.280. The van der Waals surface area contributed by atoms with E-state index in [0.29, 0.717) is 10.9 Å². The molecule has 2 aromatic rings. The molecule has 0 aliphatic heterocycles. The zero-order valence-corrected chi connectivity index (χ0v) is 8.65. The minimum Gasteiger partial charge on any atom is -0.478 e. The summed E-state index contributed by atoms with van der Waals surface area (Å²) in [5.41, 5.74) is 0.960. The first kappa shape index (κ1) is 9.15. The summed E-state index contributed by atoms with van der Waals surface area (Å²) in [4.78, 5) is 15.0. The smallest absolute Gasteiger partial charge is 0.336 e. The molecule has 0 saturated carbocycles. The van der Waals surface area contributed by atoms with Crippen LogP contribution in [0.3, 0.4) is 0 Å². The summed E-state index contributed by atoms with van der Waals surface area (Å²) in [6, 6.07) is 6.84. The Morgan fingerprint density at radius 1 is 1.36 bits per heavy atom. The topological polar surface area (TPSA) is 50.2 Å². The van der Waals surface area contributed by atoms with Gasteiger partial charge in [0, 0.05) is 16.1 Å². The van der Waals surface area contributed by atoms with Crippen molar-refractivity contribution in [2.24, 2.45) is 0 Å². The van der Waals surface area contributed by atoms with Gasteiger partial charge in [-0.2, -0.15) is 0 Å². The van der Waals surface area contributed by atoms with Crippen molar-refractivity contribution in [2.75, 3.05) is 0 Å². The molecule has 0 saturated heterocycles. The predicted octanol–water partition coefficient (Wildman–Crippen LogP) is 2.70. The number of hydrogen-bond acceptors (Lipinski definition) is 2. The molecule has 1 aromatic carbocycles. The van der Waals surface area contributed by atoms with Gasteiger partial charge in [-0.3, -0.25) is 4.98 Å². The Kier molecular flexibility index (Phi) is 2.21. The van der Waals surface area contributed by atoms with E-state index in [1.807, 2.05) is 0 Å². The van der Waals surface area contributed by atoms with Gasteiger partial charge in [0.15, 0.2) is 0 Å². The molecule has 0 spiro atoms. The molecule has 0 unspecified atom stereocenters. The highest BCUT2D eigenvalue weighted by Gasteiger charge is 2.08. The quantitative estimate of drug-likeness (QED) is 0.848. The van der Waals surface area contributed by atoms with E-state index in [0.717, 1.165) is 4.47 Å². The molecule has 0 aliphatic rings.